The fourth-order valence-electron chi connectivity index (χ4n) is 2.76. The molecular weight excluding hydrogens is 349 g/mol. The van der Waals surface area contributed by atoms with Crippen molar-refractivity contribution in [3.05, 3.63) is 59.1 Å². The van der Waals surface area contributed by atoms with Crippen molar-refractivity contribution in [2.24, 2.45) is 0 Å². The third kappa shape index (κ3) is 3.26. The van der Waals surface area contributed by atoms with Gasteiger partial charge in [-0.3, -0.25) is 13.9 Å². The molecule has 3 rings (SSSR count). The summed E-state index contributed by atoms with van der Waals surface area (Å²) in [5, 5.41) is 28.4. The molecule has 134 valence electrons. The fourth-order valence-corrected chi connectivity index (χ4v) is 2.76. The van der Waals surface area contributed by atoms with E-state index in [1.54, 1.807) is 23.6 Å². The first-order valence-corrected chi connectivity index (χ1v) is 7.92. The standard InChI is InChI=1S/C18H14FN7O/c1-11-12(2)26(14-5-3-13(19)4-6-14)18(15(11)7-20)23-17(27)9-25-10-22-24-16(25)8-21/h3-6,10H,9H2,1-2H3,(H,23,27). The summed E-state index contributed by atoms with van der Waals surface area (Å²) in [6, 6.07) is 9.67. The van der Waals surface area contributed by atoms with Gasteiger partial charge in [-0.25, -0.2) is 4.39 Å². The highest BCUT2D eigenvalue weighted by Crippen LogP contribution is 2.30. The van der Waals surface area contributed by atoms with Crippen molar-refractivity contribution in [3.8, 4) is 17.8 Å². The largest absolute Gasteiger partial charge is 0.309 e. The summed E-state index contributed by atoms with van der Waals surface area (Å²) >= 11 is 0. The van der Waals surface area contributed by atoms with E-state index in [0.29, 0.717) is 16.8 Å². The van der Waals surface area contributed by atoms with Gasteiger partial charge in [-0.2, -0.15) is 10.5 Å². The van der Waals surface area contributed by atoms with Gasteiger partial charge in [0.2, 0.25) is 11.7 Å². The van der Waals surface area contributed by atoms with Crippen LogP contribution >= 0.6 is 0 Å². The van der Waals surface area contributed by atoms with Crippen molar-refractivity contribution in [2.75, 3.05) is 5.32 Å². The van der Waals surface area contributed by atoms with Crippen LogP contribution in [0.15, 0.2) is 30.6 Å². The van der Waals surface area contributed by atoms with E-state index in [1.807, 2.05) is 13.0 Å². The number of aromatic nitrogens is 4. The van der Waals surface area contributed by atoms with Gasteiger partial charge in [0.25, 0.3) is 0 Å². The lowest BCUT2D eigenvalue weighted by Crippen LogP contribution is -2.21. The lowest BCUT2D eigenvalue weighted by atomic mass is 10.2. The molecule has 0 fully saturated rings. The Morgan fingerprint density at radius 2 is 1.93 bits per heavy atom. The van der Waals surface area contributed by atoms with Crippen molar-refractivity contribution in [1.29, 1.82) is 10.5 Å². The van der Waals surface area contributed by atoms with E-state index in [-0.39, 0.29) is 24.0 Å². The summed E-state index contributed by atoms with van der Waals surface area (Å²) < 4.78 is 16.3. The molecule has 3 aromatic rings. The Morgan fingerprint density at radius 3 is 2.56 bits per heavy atom. The van der Waals surface area contributed by atoms with Crippen molar-refractivity contribution in [3.63, 3.8) is 0 Å². The number of hydrogen-bond donors (Lipinski definition) is 1. The molecule has 0 aliphatic carbocycles. The second-order valence-corrected chi connectivity index (χ2v) is 5.80. The predicted octanol–water partition coefficient (Wildman–Crippen LogP) is 2.21. The summed E-state index contributed by atoms with van der Waals surface area (Å²) in [6.45, 7) is 3.40. The second kappa shape index (κ2) is 7.10. The number of nitrogens with one attached hydrogen (secondary N) is 1. The van der Waals surface area contributed by atoms with Gasteiger partial charge in [-0.1, -0.05) is 0 Å². The van der Waals surface area contributed by atoms with E-state index >= 15 is 0 Å². The number of hydrogen-bond acceptors (Lipinski definition) is 5. The summed E-state index contributed by atoms with van der Waals surface area (Å²) in [5.41, 5.74) is 2.37. The normalized spacial score (nSPS) is 10.3. The molecule has 0 unspecified atom stereocenters. The maximum absolute atomic E-state index is 13.3. The first-order valence-electron chi connectivity index (χ1n) is 7.92. The third-order valence-corrected chi connectivity index (χ3v) is 4.20. The van der Waals surface area contributed by atoms with Crippen LogP contribution < -0.4 is 5.32 Å². The highest BCUT2D eigenvalue weighted by molar-refractivity contribution is 5.92. The van der Waals surface area contributed by atoms with Crippen LogP contribution in [0.4, 0.5) is 10.2 Å². The van der Waals surface area contributed by atoms with Gasteiger partial charge in [0.1, 0.15) is 36.6 Å². The molecule has 0 saturated heterocycles. The molecule has 0 radical (unpaired) electrons. The van der Waals surface area contributed by atoms with Crippen LogP contribution in [0.3, 0.4) is 0 Å². The van der Waals surface area contributed by atoms with Gasteiger partial charge in [-0.15, -0.1) is 10.2 Å². The minimum absolute atomic E-state index is 0.00642. The van der Waals surface area contributed by atoms with E-state index in [9.17, 15) is 14.4 Å². The highest BCUT2D eigenvalue weighted by atomic mass is 19.1. The molecule has 27 heavy (non-hydrogen) atoms. The van der Waals surface area contributed by atoms with E-state index in [2.05, 4.69) is 21.6 Å². The summed E-state index contributed by atoms with van der Waals surface area (Å²) in [5.74, 6) is -0.547. The maximum atomic E-state index is 13.3. The van der Waals surface area contributed by atoms with Gasteiger partial charge in [0.15, 0.2) is 0 Å². The Hall–Kier alpha value is -3.98. The van der Waals surface area contributed by atoms with Crippen LogP contribution in [0, 0.1) is 42.3 Å². The average Bonchev–Trinajstić information content (AvgIpc) is 3.18. The SMILES string of the molecule is Cc1c(C#N)c(NC(=O)Cn2cnnc2C#N)n(-c2ccc(F)cc2)c1C. The zero-order valence-electron chi connectivity index (χ0n) is 14.6. The van der Waals surface area contributed by atoms with Gasteiger partial charge < -0.3 is 5.32 Å². The topological polar surface area (TPSA) is 112 Å². The Kier molecular flexibility index (Phi) is 4.69. The molecule has 9 heteroatoms. The molecule has 1 amide bonds. The Balaban J connectivity index is 2.00. The van der Waals surface area contributed by atoms with Crippen LogP contribution in [0.5, 0.6) is 0 Å². The first kappa shape index (κ1) is 17.8. The molecule has 0 aliphatic rings. The molecule has 0 spiro atoms. The van der Waals surface area contributed by atoms with Gasteiger partial charge >= 0.3 is 0 Å². The van der Waals surface area contributed by atoms with E-state index < -0.39 is 5.91 Å². The minimum atomic E-state index is -0.455. The van der Waals surface area contributed by atoms with Crippen LogP contribution in [0.2, 0.25) is 0 Å². The molecule has 1 aromatic carbocycles. The van der Waals surface area contributed by atoms with Crippen molar-refractivity contribution in [2.45, 2.75) is 20.4 Å². The monoisotopic (exact) mass is 363 g/mol. The Bertz CT molecular complexity index is 1100. The Morgan fingerprint density at radius 1 is 1.22 bits per heavy atom. The highest BCUT2D eigenvalue weighted by Gasteiger charge is 2.21. The zero-order chi connectivity index (χ0) is 19.6. The number of anilines is 1. The van der Waals surface area contributed by atoms with Crippen LogP contribution in [0.25, 0.3) is 5.69 Å². The number of carbonyl (C=O) groups is 1. The zero-order valence-corrected chi connectivity index (χ0v) is 14.6. The van der Waals surface area contributed by atoms with E-state index in [0.717, 1.165) is 5.69 Å². The van der Waals surface area contributed by atoms with E-state index in [1.165, 1.54) is 23.0 Å². The average molecular weight is 363 g/mol. The number of benzene rings is 1. The van der Waals surface area contributed by atoms with Crippen molar-refractivity contribution in [1.82, 2.24) is 19.3 Å². The summed E-state index contributed by atoms with van der Waals surface area (Å²) in [6.07, 6.45) is 1.28. The Labute approximate surface area is 154 Å². The molecule has 0 bridgehead atoms. The number of nitrogens with zero attached hydrogens (tertiary/aromatic N) is 6. The smallest absolute Gasteiger partial charge is 0.245 e. The van der Waals surface area contributed by atoms with Crippen LogP contribution in [-0.2, 0) is 11.3 Å². The quantitative estimate of drug-likeness (QED) is 0.764. The number of amides is 1. The minimum Gasteiger partial charge on any atom is -0.309 e. The lowest BCUT2D eigenvalue weighted by Gasteiger charge is -2.13. The number of halogens is 1. The van der Waals surface area contributed by atoms with Crippen LogP contribution in [-0.4, -0.2) is 25.2 Å². The molecule has 0 atom stereocenters. The predicted molar refractivity (Wildman–Crippen MR) is 93.3 cm³/mol. The molecule has 2 heterocycles. The van der Waals surface area contributed by atoms with E-state index in [4.69, 9.17) is 5.26 Å². The third-order valence-electron chi connectivity index (χ3n) is 4.20. The summed E-state index contributed by atoms with van der Waals surface area (Å²) in [7, 11) is 0. The molecule has 1 N–H and O–H groups in total. The maximum Gasteiger partial charge on any atom is 0.245 e. The fraction of sp³-hybridized carbons (Fsp3) is 0.167. The first-order chi connectivity index (χ1) is 13.0. The van der Waals surface area contributed by atoms with Gasteiger partial charge in [0, 0.05) is 11.4 Å². The molecule has 2 aromatic heterocycles. The lowest BCUT2D eigenvalue weighted by molar-refractivity contribution is -0.116. The van der Waals surface area contributed by atoms with Crippen molar-refractivity contribution >= 4 is 11.7 Å². The van der Waals surface area contributed by atoms with Crippen LogP contribution in [0.1, 0.15) is 22.6 Å². The molecule has 0 saturated carbocycles. The number of carbonyl (C=O) groups excluding carboxylic acids is 1. The summed E-state index contributed by atoms with van der Waals surface area (Å²) in [4.78, 5) is 12.5. The van der Waals surface area contributed by atoms with Crippen molar-refractivity contribution < 1.29 is 9.18 Å². The van der Waals surface area contributed by atoms with Gasteiger partial charge in [-0.05, 0) is 43.7 Å². The number of nitriles is 2. The number of rotatable bonds is 4. The molecule has 8 nitrogen and oxygen atoms in total. The molecular formula is C18H14FN7O. The molecule has 0 aliphatic heterocycles. The van der Waals surface area contributed by atoms with Gasteiger partial charge in [0.05, 0.1) is 5.56 Å². The second-order valence-electron chi connectivity index (χ2n) is 5.80.